The fourth-order valence-electron chi connectivity index (χ4n) is 3.79. The average Bonchev–Trinajstić information content (AvgIpc) is 3.21. The van der Waals surface area contributed by atoms with E-state index in [0.29, 0.717) is 19.4 Å². The lowest BCUT2D eigenvalue weighted by atomic mass is 9.98. The summed E-state index contributed by atoms with van der Waals surface area (Å²) in [5.74, 6) is -1.31. The molecular weight excluding hydrogens is 408 g/mol. The molecule has 1 heterocycles. The van der Waals surface area contributed by atoms with Crippen LogP contribution in [-0.2, 0) is 20.8 Å². The lowest BCUT2D eigenvalue weighted by Crippen LogP contribution is -2.58. The van der Waals surface area contributed by atoms with Crippen LogP contribution in [0.25, 0.3) is 0 Å². The van der Waals surface area contributed by atoms with E-state index in [1.807, 2.05) is 65.0 Å². The fraction of sp³-hybridized carbons (Fsp3) is 0.625. The van der Waals surface area contributed by atoms with Crippen LogP contribution in [0.2, 0.25) is 0 Å². The molecule has 178 valence electrons. The smallest absolute Gasteiger partial charge is 0.254 e. The van der Waals surface area contributed by atoms with Gasteiger partial charge in [-0.3, -0.25) is 14.4 Å². The number of aliphatic hydroxyl groups excluding tert-OH is 1. The average molecular weight is 447 g/mol. The number of amides is 3. The zero-order chi connectivity index (χ0) is 24.1. The third-order valence-corrected chi connectivity index (χ3v) is 5.62. The first kappa shape index (κ1) is 25.8. The Balaban J connectivity index is 2.20. The number of nitrogens with zero attached hydrogens (tertiary/aromatic N) is 1. The van der Waals surface area contributed by atoms with Crippen molar-refractivity contribution in [3.8, 4) is 0 Å². The number of hydrogen-bond donors (Lipinski definition) is 4. The molecule has 1 aliphatic rings. The van der Waals surface area contributed by atoms with Crippen LogP contribution >= 0.6 is 0 Å². The van der Waals surface area contributed by atoms with Gasteiger partial charge in [0.15, 0.2) is 6.10 Å². The molecule has 1 saturated heterocycles. The monoisotopic (exact) mass is 446 g/mol. The highest BCUT2D eigenvalue weighted by Gasteiger charge is 2.40. The van der Waals surface area contributed by atoms with Crippen molar-refractivity contribution in [2.75, 3.05) is 6.54 Å². The number of benzene rings is 1. The van der Waals surface area contributed by atoms with E-state index in [-0.39, 0.29) is 18.2 Å². The number of likely N-dealkylation sites (tertiary alicyclic amines) is 1. The summed E-state index contributed by atoms with van der Waals surface area (Å²) >= 11 is 0. The Kier molecular flexibility index (Phi) is 8.81. The second kappa shape index (κ2) is 10.9. The molecular formula is C24H38N4O4. The predicted molar refractivity (Wildman–Crippen MR) is 124 cm³/mol. The van der Waals surface area contributed by atoms with Gasteiger partial charge in [-0.1, -0.05) is 44.2 Å². The first-order valence-corrected chi connectivity index (χ1v) is 11.3. The van der Waals surface area contributed by atoms with Gasteiger partial charge in [-0.05, 0) is 51.5 Å². The van der Waals surface area contributed by atoms with Crippen molar-refractivity contribution in [2.24, 2.45) is 11.7 Å². The van der Waals surface area contributed by atoms with Crippen LogP contribution in [0.5, 0.6) is 0 Å². The molecule has 4 atom stereocenters. The Morgan fingerprint density at radius 3 is 2.38 bits per heavy atom. The molecule has 0 radical (unpaired) electrons. The van der Waals surface area contributed by atoms with Crippen LogP contribution < -0.4 is 16.4 Å². The second-order valence-corrected chi connectivity index (χ2v) is 9.95. The maximum absolute atomic E-state index is 13.3. The van der Waals surface area contributed by atoms with Gasteiger partial charge in [-0.15, -0.1) is 0 Å². The lowest BCUT2D eigenvalue weighted by molar-refractivity contribution is -0.147. The van der Waals surface area contributed by atoms with Crippen molar-refractivity contribution in [1.82, 2.24) is 15.5 Å². The molecule has 0 saturated carbocycles. The summed E-state index contributed by atoms with van der Waals surface area (Å²) in [6, 6.07) is 7.06. The number of carbonyl (C=O) groups excluding carboxylic acids is 3. The summed E-state index contributed by atoms with van der Waals surface area (Å²) in [6.07, 6.45) is -0.0264. The topological polar surface area (TPSA) is 125 Å². The van der Waals surface area contributed by atoms with Crippen LogP contribution in [0.1, 0.15) is 53.0 Å². The van der Waals surface area contributed by atoms with Crippen LogP contribution in [-0.4, -0.2) is 64.0 Å². The van der Waals surface area contributed by atoms with Gasteiger partial charge in [0.1, 0.15) is 6.04 Å². The molecule has 5 N–H and O–H groups in total. The summed E-state index contributed by atoms with van der Waals surface area (Å²) < 4.78 is 0. The summed E-state index contributed by atoms with van der Waals surface area (Å²) in [7, 11) is 0. The molecule has 2 rings (SSSR count). The minimum absolute atomic E-state index is 0.0933. The van der Waals surface area contributed by atoms with Crippen LogP contribution in [0.3, 0.4) is 0 Å². The second-order valence-electron chi connectivity index (χ2n) is 9.95. The molecule has 0 bridgehead atoms. The quantitative estimate of drug-likeness (QED) is 0.473. The SMILES string of the molecule is CC(C)[C@H](N)C(=O)N[C@@H](Cc1ccccc1)[C@H](O)C(=O)N1CCC[C@H]1C(=O)NC(C)(C)C. The van der Waals surface area contributed by atoms with E-state index in [1.165, 1.54) is 4.90 Å². The molecule has 0 aromatic heterocycles. The fourth-order valence-corrected chi connectivity index (χ4v) is 3.79. The Labute approximate surface area is 190 Å². The Hall–Kier alpha value is -2.45. The minimum Gasteiger partial charge on any atom is -0.381 e. The molecule has 0 aliphatic carbocycles. The summed E-state index contributed by atoms with van der Waals surface area (Å²) in [5, 5.41) is 16.7. The first-order valence-electron chi connectivity index (χ1n) is 11.3. The number of rotatable bonds is 8. The van der Waals surface area contributed by atoms with Gasteiger partial charge in [0.2, 0.25) is 11.8 Å². The Morgan fingerprint density at radius 1 is 1.19 bits per heavy atom. The zero-order valence-electron chi connectivity index (χ0n) is 19.8. The highest BCUT2D eigenvalue weighted by molar-refractivity contribution is 5.91. The maximum atomic E-state index is 13.3. The standard InChI is InChI=1S/C24H38N4O4/c1-15(2)19(25)22(31)26-17(14-16-10-7-6-8-11-16)20(29)23(32)28-13-9-12-18(28)21(30)27-24(3,4)5/h6-8,10-11,15,17-20,29H,9,12-14,25H2,1-5H3,(H,26,31)(H,27,30)/t17-,18-,19-,20-/m0/s1. The van der Waals surface area contributed by atoms with Gasteiger partial charge in [-0.25, -0.2) is 0 Å². The molecule has 8 heteroatoms. The van der Waals surface area contributed by atoms with E-state index in [0.717, 1.165) is 5.56 Å². The van der Waals surface area contributed by atoms with Gasteiger partial charge in [0.05, 0.1) is 12.1 Å². The third kappa shape index (κ3) is 7.03. The third-order valence-electron chi connectivity index (χ3n) is 5.62. The lowest BCUT2D eigenvalue weighted by Gasteiger charge is -2.32. The van der Waals surface area contributed by atoms with E-state index in [1.54, 1.807) is 0 Å². The molecule has 1 aromatic carbocycles. The van der Waals surface area contributed by atoms with Crippen molar-refractivity contribution in [1.29, 1.82) is 0 Å². The van der Waals surface area contributed by atoms with Crippen LogP contribution in [0, 0.1) is 5.92 Å². The van der Waals surface area contributed by atoms with Crippen LogP contribution in [0.15, 0.2) is 30.3 Å². The number of carbonyl (C=O) groups is 3. The van der Waals surface area contributed by atoms with E-state index in [2.05, 4.69) is 10.6 Å². The number of nitrogens with two attached hydrogens (primary N) is 1. The zero-order valence-corrected chi connectivity index (χ0v) is 19.8. The molecule has 1 aromatic rings. The van der Waals surface area contributed by atoms with Crippen molar-refractivity contribution in [3.63, 3.8) is 0 Å². The molecule has 3 amide bonds. The summed E-state index contributed by atoms with van der Waals surface area (Å²) in [6.45, 7) is 9.69. The molecule has 8 nitrogen and oxygen atoms in total. The van der Waals surface area contributed by atoms with Crippen molar-refractivity contribution < 1.29 is 19.5 Å². The normalized spacial score (nSPS) is 19.4. The van der Waals surface area contributed by atoms with Crippen molar-refractivity contribution in [3.05, 3.63) is 35.9 Å². The highest BCUT2D eigenvalue weighted by Crippen LogP contribution is 2.21. The molecule has 0 spiro atoms. The summed E-state index contributed by atoms with van der Waals surface area (Å²) in [5.41, 5.74) is 6.42. The molecule has 1 fully saturated rings. The van der Waals surface area contributed by atoms with Gasteiger partial charge in [0, 0.05) is 12.1 Å². The molecule has 1 aliphatic heterocycles. The van der Waals surface area contributed by atoms with E-state index < -0.39 is 41.6 Å². The predicted octanol–water partition coefficient (Wildman–Crippen LogP) is 0.964. The Bertz CT molecular complexity index is 791. The number of aliphatic hydroxyl groups is 1. The van der Waals surface area contributed by atoms with E-state index in [9.17, 15) is 19.5 Å². The van der Waals surface area contributed by atoms with E-state index in [4.69, 9.17) is 5.73 Å². The largest absolute Gasteiger partial charge is 0.381 e. The summed E-state index contributed by atoms with van der Waals surface area (Å²) in [4.78, 5) is 40.0. The Morgan fingerprint density at radius 2 is 1.81 bits per heavy atom. The van der Waals surface area contributed by atoms with Gasteiger partial charge < -0.3 is 26.4 Å². The molecule has 0 unspecified atom stereocenters. The van der Waals surface area contributed by atoms with Gasteiger partial charge >= 0.3 is 0 Å². The van der Waals surface area contributed by atoms with Gasteiger partial charge in [0.25, 0.3) is 5.91 Å². The van der Waals surface area contributed by atoms with Crippen molar-refractivity contribution >= 4 is 17.7 Å². The molecule has 32 heavy (non-hydrogen) atoms. The van der Waals surface area contributed by atoms with Crippen molar-refractivity contribution in [2.45, 2.75) is 83.6 Å². The number of hydrogen-bond acceptors (Lipinski definition) is 5. The minimum atomic E-state index is -1.50. The maximum Gasteiger partial charge on any atom is 0.254 e. The number of nitrogens with one attached hydrogen (secondary N) is 2. The van der Waals surface area contributed by atoms with Gasteiger partial charge in [-0.2, -0.15) is 0 Å². The first-order chi connectivity index (χ1) is 14.9. The van der Waals surface area contributed by atoms with E-state index >= 15 is 0 Å². The highest BCUT2D eigenvalue weighted by atomic mass is 16.3. The van der Waals surface area contributed by atoms with Crippen LogP contribution in [0.4, 0.5) is 0 Å².